The minimum atomic E-state index is -2.96. The van der Waals surface area contributed by atoms with E-state index < -0.39 is 29.3 Å². The highest BCUT2D eigenvalue weighted by atomic mass is 19.3. The van der Waals surface area contributed by atoms with Crippen molar-refractivity contribution in [2.24, 2.45) is 39.4 Å². The van der Waals surface area contributed by atoms with Crippen LogP contribution in [0.15, 0.2) is 54.6 Å². The number of amides is 2. The summed E-state index contributed by atoms with van der Waals surface area (Å²) in [5.41, 5.74) is 2.12. The summed E-state index contributed by atoms with van der Waals surface area (Å²) in [7, 11) is 0. The molecule has 8 aliphatic carbocycles. The van der Waals surface area contributed by atoms with Crippen molar-refractivity contribution in [2.45, 2.75) is 144 Å². The fraction of sp³-hybridized carbons (Fsp3) is 0.720. The molecule has 2 amide bonds. The molecule has 8 saturated carbocycles. The van der Waals surface area contributed by atoms with Gasteiger partial charge in [0.1, 0.15) is 0 Å². The maximum absolute atomic E-state index is 15.2. The Hall–Kier alpha value is -2.91. The lowest BCUT2D eigenvalue weighted by atomic mass is 9.34. The molecule has 2 aromatic carbocycles. The molecule has 4 aliphatic heterocycles. The molecule has 9 heteroatoms. The van der Waals surface area contributed by atoms with Crippen LogP contribution < -0.4 is 16.0 Å². The number of piperidine rings is 4. The molecule has 12 aliphatic rings. The molecule has 14 rings (SSSR count). The molecule has 0 aromatic heterocycles. The molecule has 11 atom stereocenters. The Morgan fingerprint density at radius 3 is 2.17 bits per heavy atom. The molecule has 6 nitrogen and oxygen atoms in total. The molecule has 0 radical (unpaired) electrons. The van der Waals surface area contributed by atoms with Crippen LogP contribution in [0.2, 0.25) is 0 Å². The third kappa shape index (κ3) is 5.98. The summed E-state index contributed by atoms with van der Waals surface area (Å²) >= 11 is 0. The quantitative estimate of drug-likeness (QED) is 0.225. The zero-order chi connectivity index (χ0) is 40.5. The van der Waals surface area contributed by atoms with Gasteiger partial charge in [0.05, 0.1) is 30.1 Å². The van der Waals surface area contributed by atoms with Gasteiger partial charge in [0, 0.05) is 12.6 Å². The van der Waals surface area contributed by atoms with Gasteiger partial charge in [-0.25, -0.2) is 8.78 Å². The van der Waals surface area contributed by atoms with Crippen LogP contribution in [0.25, 0.3) is 0 Å². The Balaban J connectivity index is 0.915. The van der Waals surface area contributed by atoms with Crippen molar-refractivity contribution in [3.05, 3.63) is 71.3 Å². The third-order valence-corrected chi connectivity index (χ3v) is 19.0. The van der Waals surface area contributed by atoms with Crippen LogP contribution in [-0.4, -0.2) is 74.1 Å². The third-order valence-electron chi connectivity index (χ3n) is 19.0. The lowest BCUT2D eigenvalue weighted by molar-refractivity contribution is -0.173. The van der Waals surface area contributed by atoms with Gasteiger partial charge in [-0.15, -0.1) is 0 Å². The van der Waals surface area contributed by atoms with E-state index >= 15 is 13.2 Å². The second-order valence-electron chi connectivity index (χ2n) is 22.4. The summed E-state index contributed by atoms with van der Waals surface area (Å²) in [5, 5.41) is 9.41. The van der Waals surface area contributed by atoms with E-state index in [1.54, 1.807) is 0 Å². The van der Waals surface area contributed by atoms with Crippen molar-refractivity contribution in [1.29, 1.82) is 0 Å². The summed E-state index contributed by atoms with van der Waals surface area (Å²) in [6, 6.07) is 19.3. The number of carbonyl (C=O) groups is 2. The summed E-state index contributed by atoms with van der Waals surface area (Å²) < 4.78 is 45.2. The van der Waals surface area contributed by atoms with Gasteiger partial charge in [0.25, 0.3) is 5.92 Å². The number of fused-ring (bicyclic) bond motifs is 3. The van der Waals surface area contributed by atoms with Crippen LogP contribution in [0.3, 0.4) is 0 Å². The van der Waals surface area contributed by atoms with E-state index in [2.05, 4.69) is 82.4 Å². The van der Waals surface area contributed by atoms with Gasteiger partial charge >= 0.3 is 0 Å². The van der Waals surface area contributed by atoms with Crippen LogP contribution >= 0.6 is 0 Å². The van der Waals surface area contributed by atoms with E-state index in [-0.39, 0.29) is 64.4 Å². The summed E-state index contributed by atoms with van der Waals surface area (Å²) in [6.45, 7) is 5.20. The van der Waals surface area contributed by atoms with Crippen LogP contribution in [0.1, 0.15) is 132 Å². The second kappa shape index (κ2) is 13.5. The van der Waals surface area contributed by atoms with Crippen LogP contribution in [-0.2, 0) is 20.4 Å². The number of carbonyl (C=O) groups excluding carboxylic acids is 2. The monoisotopic (exact) mass is 811 g/mol. The summed E-state index contributed by atoms with van der Waals surface area (Å²) in [6.07, 6.45) is 13.9. The predicted octanol–water partition coefficient (Wildman–Crippen LogP) is 8.59. The van der Waals surface area contributed by atoms with Crippen molar-refractivity contribution in [1.82, 2.24) is 20.9 Å². The standard InChI is InChI=1S/C50H65F3N4O2/c1-2-44-20-33-21-46(26-44,30-48(22-33,27-44)43(59)56-40-12-17-54-32-50(40,52)53)38-10-8-35(9-11-38)41-36-23-47(37-6-4-3-5-7-37)28-45(41,15-16-51)29-49(24-36,31-47)42(58)55-39-25-57-18-13-34(39)14-19-57/h3-11,33-34,36,39-41,54H,2,12-32H2,1H3,(H,55,58)(H,56,59)/t33?,36?,39-,40?,41?,44-,45-,46-,47-,48?,49?/m1/s1. The van der Waals surface area contributed by atoms with Crippen molar-refractivity contribution in [3.8, 4) is 0 Å². The first-order valence-corrected chi connectivity index (χ1v) is 23.5. The van der Waals surface area contributed by atoms with E-state index in [9.17, 15) is 9.59 Å². The number of rotatable bonds is 10. The minimum absolute atomic E-state index is 0.0356. The van der Waals surface area contributed by atoms with Gasteiger partial charge in [-0.2, -0.15) is 0 Å². The fourth-order valence-electron chi connectivity index (χ4n) is 17.4. The Labute approximate surface area is 349 Å². The highest BCUT2D eigenvalue weighted by Gasteiger charge is 2.70. The Kier molecular flexibility index (Phi) is 8.95. The van der Waals surface area contributed by atoms with E-state index in [0.29, 0.717) is 31.2 Å². The smallest absolute Gasteiger partial charge is 0.280 e. The zero-order valence-electron chi connectivity index (χ0n) is 35.1. The lowest BCUT2D eigenvalue weighted by Gasteiger charge is -2.69. The molecule has 59 heavy (non-hydrogen) atoms. The molecular formula is C50H65F3N4O2. The number of alkyl halides is 3. The first-order chi connectivity index (χ1) is 28.4. The highest BCUT2D eigenvalue weighted by molar-refractivity contribution is 5.85. The first kappa shape index (κ1) is 39.0. The fourth-order valence-corrected chi connectivity index (χ4v) is 17.4. The van der Waals surface area contributed by atoms with Crippen LogP contribution in [0, 0.1) is 39.4 Å². The average molecular weight is 811 g/mol. The van der Waals surface area contributed by atoms with Crippen molar-refractivity contribution in [2.75, 3.05) is 39.4 Å². The molecule has 10 bridgehead atoms. The van der Waals surface area contributed by atoms with Crippen molar-refractivity contribution < 1.29 is 22.8 Å². The van der Waals surface area contributed by atoms with Gasteiger partial charge < -0.3 is 20.9 Å². The van der Waals surface area contributed by atoms with Crippen LogP contribution in [0.5, 0.6) is 0 Å². The SMILES string of the molecule is CC[C@]12CC3CC(C(=O)NC4CCNCC4(F)F)(C1)C[C@@](c1ccc(C4C5CC6(C(=O)N[C@@H]7CN8CCC7CC8)C[C@@](c7ccccc7)(C5)C[C@]4(CCF)C6)cc1)(C3)C2. The Morgan fingerprint density at radius 1 is 0.763 bits per heavy atom. The molecule has 4 saturated heterocycles. The van der Waals surface area contributed by atoms with Gasteiger partial charge in [-0.05, 0) is 178 Å². The van der Waals surface area contributed by atoms with E-state index in [4.69, 9.17) is 0 Å². The molecule has 12 fully saturated rings. The molecule has 318 valence electrons. The predicted molar refractivity (Wildman–Crippen MR) is 223 cm³/mol. The van der Waals surface area contributed by atoms with Crippen molar-refractivity contribution >= 4 is 11.8 Å². The number of hydrogen-bond donors (Lipinski definition) is 3. The molecule has 0 spiro atoms. The van der Waals surface area contributed by atoms with Crippen molar-refractivity contribution in [3.63, 3.8) is 0 Å². The molecule has 4 heterocycles. The zero-order valence-corrected chi connectivity index (χ0v) is 35.1. The topological polar surface area (TPSA) is 73.5 Å². The first-order valence-electron chi connectivity index (χ1n) is 23.5. The van der Waals surface area contributed by atoms with E-state index in [1.807, 2.05) is 0 Å². The summed E-state index contributed by atoms with van der Waals surface area (Å²) in [4.78, 5) is 31.8. The lowest BCUT2D eigenvalue weighted by Crippen LogP contribution is -2.67. The van der Waals surface area contributed by atoms with Gasteiger partial charge in [-0.1, -0.05) is 67.9 Å². The number of nitrogens with zero attached hydrogens (tertiary/aromatic N) is 1. The highest BCUT2D eigenvalue weighted by Crippen LogP contribution is 2.76. The number of benzene rings is 2. The van der Waals surface area contributed by atoms with Gasteiger partial charge in [0.2, 0.25) is 11.8 Å². The van der Waals surface area contributed by atoms with Gasteiger partial charge in [-0.3, -0.25) is 14.0 Å². The molecule has 6 unspecified atom stereocenters. The number of halogens is 3. The second-order valence-corrected chi connectivity index (χ2v) is 22.4. The Morgan fingerprint density at radius 2 is 1.47 bits per heavy atom. The summed E-state index contributed by atoms with van der Waals surface area (Å²) in [5.74, 6) is -1.48. The maximum atomic E-state index is 15.2. The normalized spacial score (nSPS) is 46.0. The maximum Gasteiger partial charge on any atom is 0.280 e. The number of nitrogens with one attached hydrogen (secondary N) is 3. The van der Waals surface area contributed by atoms with E-state index in [1.165, 1.54) is 16.7 Å². The van der Waals surface area contributed by atoms with E-state index in [0.717, 1.165) is 103 Å². The average Bonchev–Trinajstić information content (AvgIpc) is 3.22. The molecular weight excluding hydrogens is 746 g/mol. The minimum Gasteiger partial charge on any atom is -0.351 e. The van der Waals surface area contributed by atoms with Crippen LogP contribution in [0.4, 0.5) is 13.2 Å². The largest absolute Gasteiger partial charge is 0.351 e. The Bertz CT molecular complexity index is 1970. The van der Waals surface area contributed by atoms with Gasteiger partial charge in [0.15, 0.2) is 0 Å². The molecule has 3 N–H and O–H groups in total. The number of hydrogen-bond acceptors (Lipinski definition) is 4. The molecule has 2 aromatic rings.